The molecule has 0 bridgehead atoms. The number of hydrogen-bond acceptors (Lipinski definition) is 3. The Morgan fingerprint density at radius 3 is 2.62 bits per heavy atom. The van der Waals surface area contributed by atoms with Crippen LogP contribution in [-0.4, -0.2) is 26.1 Å². The van der Waals surface area contributed by atoms with Gasteiger partial charge in [0.05, 0.1) is 17.1 Å². The molecule has 0 amide bonds. The number of aromatic carboxylic acids is 1. The van der Waals surface area contributed by atoms with Crippen LogP contribution in [0.2, 0.25) is 0 Å². The van der Waals surface area contributed by atoms with E-state index in [4.69, 9.17) is 5.11 Å². The minimum absolute atomic E-state index is 0.0351. The molecule has 0 aliphatic carbocycles. The van der Waals surface area contributed by atoms with Crippen LogP contribution in [0.1, 0.15) is 28.9 Å². The topological polar surface area (TPSA) is 68.0 Å². The molecule has 1 heterocycles. The molecule has 1 aromatic heterocycles. The zero-order valence-electron chi connectivity index (χ0n) is 11.2. The van der Waals surface area contributed by atoms with Crippen LogP contribution in [0.3, 0.4) is 0 Å². The maximum atomic E-state index is 11.1. The molecule has 3 rings (SSSR count). The Balaban J connectivity index is 2.09. The number of carboxylic acid groups (broad SMARTS) is 1. The van der Waals surface area contributed by atoms with Crippen LogP contribution in [0.4, 0.5) is 0 Å². The van der Waals surface area contributed by atoms with Crippen molar-refractivity contribution in [1.82, 2.24) is 15.0 Å². The van der Waals surface area contributed by atoms with E-state index in [1.807, 2.05) is 31.2 Å². The number of hydrogen-bond donors (Lipinski definition) is 1. The lowest BCUT2D eigenvalue weighted by atomic mass is 10.1. The van der Waals surface area contributed by atoms with Gasteiger partial charge in [-0.1, -0.05) is 33.3 Å². The summed E-state index contributed by atoms with van der Waals surface area (Å²) in [6, 6.07) is 12.7. The summed E-state index contributed by atoms with van der Waals surface area (Å²) in [5, 5.41) is 17.4. The van der Waals surface area contributed by atoms with Crippen LogP contribution in [-0.2, 0) is 0 Å². The number of halogens is 1. The standard InChI is InChI=1S/C15H12BrN3O2/c1-9(10-2-5-12(16)6-3-10)19-14-8-11(15(20)21)4-7-13(14)17-18-19/h2-9H,1H3,(H,20,21). The van der Waals surface area contributed by atoms with E-state index in [0.717, 1.165) is 10.0 Å². The average Bonchev–Trinajstić information content (AvgIpc) is 2.90. The molecular formula is C15H12BrN3O2. The Morgan fingerprint density at radius 2 is 1.95 bits per heavy atom. The number of nitrogens with zero attached hydrogens (tertiary/aromatic N) is 3. The fourth-order valence-corrected chi connectivity index (χ4v) is 2.50. The minimum atomic E-state index is -0.957. The highest BCUT2D eigenvalue weighted by atomic mass is 79.9. The highest BCUT2D eigenvalue weighted by Gasteiger charge is 2.15. The first-order chi connectivity index (χ1) is 10.1. The summed E-state index contributed by atoms with van der Waals surface area (Å²) in [6.45, 7) is 2.00. The Bertz CT molecular complexity index is 811. The van der Waals surface area contributed by atoms with Gasteiger partial charge in [0.25, 0.3) is 0 Å². The van der Waals surface area contributed by atoms with Crippen LogP contribution in [0.15, 0.2) is 46.9 Å². The molecule has 106 valence electrons. The molecule has 0 aliphatic rings. The summed E-state index contributed by atoms with van der Waals surface area (Å²) < 4.78 is 2.75. The largest absolute Gasteiger partial charge is 0.478 e. The van der Waals surface area contributed by atoms with E-state index in [9.17, 15) is 4.79 Å². The van der Waals surface area contributed by atoms with Gasteiger partial charge in [-0.25, -0.2) is 9.48 Å². The van der Waals surface area contributed by atoms with Crippen LogP contribution in [0.25, 0.3) is 11.0 Å². The molecule has 0 spiro atoms. The summed E-state index contributed by atoms with van der Waals surface area (Å²) in [5.41, 5.74) is 2.70. The van der Waals surface area contributed by atoms with E-state index < -0.39 is 5.97 Å². The Kier molecular flexibility index (Phi) is 3.47. The summed E-state index contributed by atoms with van der Waals surface area (Å²) in [5.74, 6) is -0.957. The van der Waals surface area contributed by atoms with E-state index in [1.165, 1.54) is 6.07 Å². The van der Waals surface area contributed by atoms with Crippen molar-refractivity contribution in [2.24, 2.45) is 0 Å². The van der Waals surface area contributed by atoms with Crippen LogP contribution >= 0.6 is 15.9 Å². The van der Waals surface area contributed by atoms with Crippen molar-refractivity contribution in [1.29, 1.82) is 0 Å². The molecule has 0 saturated carbocycles. The zero-order chi connectivity index (χ0) is 15.0. The number of carbonyl (C=O) groups is 1. The van der Waals surface area contributed by atoms with Crippen molar-refractivity contribution in [3.05, 3.63) is 58.1 Å². The Labute approximate surface area is 129 Å². The van der Waals surface area contributed by atoms with Gasteiger partial charge in [0.15, 0.2) is 0 Å². The smallest absolute Gasteiger partial charge is 0.335 e. The first-order valence-electron chi connectivity index (χ1n) is 6.40. The average molecular weight is 346 g/mol. The number of fused-ring (bicyclic) bond motifs is 1. The molecule has 0 fully saturated rings. The van der Waals surface area contributed by atoms with Crippen LogP contribution in [0, 0.1) is 0 Å². The summed E-state index contributed by atoms with van der Waals surface area (Å²) in [7, 11) is 0. The molecule has 6 heteroatoms. The first-order valence-corrected chi connectivity index (χ1v) is 7.19. The van der Waals surface area contributed by atoms with Gasteiger partial charge in [-0.2, -0.15) is 0 Å². The van der Waals surface area contributed by atoms with Gasteiger partial charge >= 0.3 is 5.97 Å². The van der Waals surface area contributed by atoms with Gasteiger partial charge < -0.3 is 5.11 Å². The lowest BCUT2D eigenvalue weighted by Gasteiger charge is -2.13. The summed E-state index contributed by atoms with van der Waals surface area (Å²) in [6.07, 6.45) is 0. The highest BCUT2D eigenvalue weighted by Crippen LogP contribution is 2.24. The monoisotopic (exact) mass is 345 g/mol. The molecule has 2 aromatic carbocycles. The van der Waals surface area contributed by atoms with Crippen molar-refractivity contribution in [3.8, 4) is 0 Å². The zero-order valence-corrected chi connectivity index (χ0v) is 12.8. The second-order valence-electron chi connectivity index (χ2n) is 4.77. The second-order valence-corrected chi connectivity index (χ2v) is 5.69. The van der Waals surface area contributed by atoms with Crippen molar-refractivity contribution < 1.29 is 9.90 Å². The minimum Gasteiger partial charge on any atom is -0.478 e. The van der Waals surface area contributed by atoms with Gasteiger partial charge in [0.1, 0.15) is 5.52 Å². The van der Waals surface area contributed by atoms with Crippen LogP contribution in [0.5, 0.6) is 0 Å². The molecule has 1 unspecified atom stereocenters. The van der Waals surface area contributed by atoms with E-state index in [0.29, 0.717) is 11.0 Å². The maximum absolute atomic E-state index is 11.1. The molecule has 1 atom stereocenters. The van der Waals surface area contributed by atoms with Crippen molar-refractivity contribution in [2.45, 2.75) is 13.0 Å². The van der Waals surface area contributed by atoms with Gasteiger partial charge in [-0.05, 0) is 42.8 Å². The molecule has 5 nitrogen and oxygen atoms in total. The summed E-state index contributed by atoms with van der Waals surface area (Å²) in [4.78, 5) is 11.1. The number of benzene rings is 2. The SMILES string of the molecule is CC(c1ccc(Br)cc1)n1nnc2ccc(C(=O)O)cc21. The number of rotatable bonds is 3. The highest BCUT2D eigenvalue weighted by molar-refractivity contribution is 9.10. The van der Waals surface area contributed by atoms with E-state index in [2.05, 4.69) is 26.2 Å². The molecular weight excluding hydrogens is 334 g/mol. The first kappa shape index (κ1) is 13.8. The van der Waals surface area contributed by atoms with E-state index >= 15 is 0 Å². The lowest BCUT2D eigenvalue weighted by molar-refractivity contribution is 0.0697. The molecule has 21 heavy (non-hydrogen) atoms. The van der Waals surface area contributed by atoms with Crippen molar-refractivity contribution in [2.75, 3.05) is 0 Å². The van der Waals surface area contributed by atoms with E-state index in [1.54, 1.807) is 16.8 Å². The van der Waals surface area contributed by atoms with Gasteiger partial charge in [-0.3, -0.25) is 0 Å². The predicted octanol–water partition coefficient (Wildman–Crippen LogP) is 3.50. The molecule has 0 radical (unpaired) electrons. The van der Waals surface area contributed by atoms with Crippen molar-refractivity contribution >= 4 is 32.9 Å². The van der Waals surface area contributed by atoms with Crippen molar-refractivity contribution in [3.63, 3.8) is 0 Å². The third-order valence-electron chi connectivity index (χ3n) is 3.44. The van der Waals surface area contributed by atoms with Gasteiger partial charge in [0, 0.05) is 4.47 Å². The fourth-order valence-electron chi connectivity index (χ4n) is 2.24. The third-order valence-corrected chi connectivity index (χ3v) is 3.97. The molecule has 0 aliphatic heterocycles. The van der Waals surface area contributed by atoms with E-state index in [-0.39, 0.29) is 11.6 Å². The fraction of sp³-hybridized carbons (Fsp3) is 0.133. The second kappa shape index (κ2) is 5.29. The quantitative estimate of drug-likeness (QED) is 0.788. The molecule has 0 saturated heterocycles. The lowest BCUT2D eigenvalue weighted by Crippen LogP contribution is -2.09. The number of aromatic nitrogens is 3. The van der Waals surface area contributed by atoms with Gasteiger partial charge in [0.2, 0.25) is 0 Å². The van der Waals surface area contributed by atoms with Gasteiger partial charge in [-0.15, -0.1) is 5.10 Å². The Hall–Kier alpha value is -2.21. The van der Waals surface area contributed by atoms with Crippen LogP contribution < -0.4 is 0 Å². The Morgan fingerprint density at radius 1 is 1.24 bits per heavy atom. The third kappa shape index (κ3) is 2.54. The summed E-state index contributed by atoms with van der Waals surface area (Å²) >= 11 is 3.41. The predicted molar refractivity (Wildman–Crippen MR) is 82.4 cm³/mol. The molecule has 3 aromatic rings. The maximum Gasteiger partial charge on any atom is 0.335 e. The number of carboxylic acids is 1. The molecule has 1 N–H and O–H groups in total. The normalized spacial score (nSPS) is 12.5.